The molecule has 51 heavy (non-hydrogen) atoms. The van der Waals surface area contributed by atoms with E-state index in [-0.39, 0.29) is 40.2 Å². The number of aliphatic carboxylic acids is 1. The lowest BCUT2D eigenvalue weighted by atomic mass is 9.71. The van der Waals surface area contributed by atoms with E-state index in [1.54, 1.807) is 6.20 Å². The molecular formula is C42H75NO6Si2. The third kappa shape index (κ3) is 14.4. The van der Waals surface area contributed by atoms with Crippen molar-refractivity contribution in [2.24, 2.45) is 17.3 Å². The molecule has 1 aromatic heterocycles. The van der Waals surface area contributed by atoms with Crippen molar-refractivity contribution >= 4 is 34.5 Å². The molecule has 7 nitrogen and oxygen atoms in total. The third-order valence-corrected chi connectivity index (χ3v) is 20.6. The van der Waals surface area contributed by atoms with Gasteiger partial charge in [-0.05, 0) is 112 Å². The molecule has 9 heteroatoms. The van der Waals surface area contributed by atoms with E-state index in [0.717, 1.165) is 37.0 Å². The number of carbonyl (C=O) groups excluding carboxylic acids is 1. The van der Waals surface area contributed by atoms with Crippen LogP contribution in [0.4, 0.5) is 0 Å². The van der Waals surface area contributed by atoms with Crippen LogP contribution in [0.5, 0.6) is 0 Å². The van der Waals surface area contributed by atoms with E-state index in [4.69, 9.17) is 8.85 Å². The second-order valence-electron chi connectivity index (χ2n) is 18.6. The highest BCUT2D eigenvalue weighted by molar-refractivity contribution is 6.74. The Kier molecular flexibility index (Phi) is 17.9. The molecule has 0 aliphatic heterocycles. The van der Waals surface area contributed by atoms with E-state index in [1.165, 1.54) is 5.57 Å². The van der Waals surface area contributed by atoms with E-state index in [9.17, 15) is 19.8 Å². The van der Waals surface area contributed by atoms with Crippen LogP contribution in [0, 0.1) is 17.3 Å². The zero-order valence-electron chi connectivity index (χ0n) is 35.3. The summed E-state index contributed by atoms with van der Waals surface area (Å²) in [5.74, 6) is -1.18. The van der Waals surface area contributed by atoms with Crippen LogP contribution in [0.2, 0.25) is 36.3 Å². The summed E-state index contributed by atoms with van der Waals surface area (Å²) in [4.78, 5) is 31.5. The van der Waals surface area contributed by atoms with Gasteiger partial charge in [0.1, 0.15) is 5.78 Å². The fraction of sp³-hybridized carbons (Fsp3) is 0.738. The largest absolute Gasteiger partial charge is 0.481 e. The Labute approximate surface area is 314 Å². The first-order valence-electron chi connectivity index (χ1n) is 19.2. The second kappa shape index (κ2) is 19.4. The van der Waals surface area contributed by atoms with Gasteiger partial charge in [-0.25, -0.2) is 0 Å². The molecule has 0 saturated carbocycles. The standard InChI is InChI=1S/C42H75NO6Si2/c1-17-21-34(39(47)42(11,12)36(29-37(45)46)48-50(13,14)40(5,6)7)38(49-51(15,16)41(8,9)10)31(3)23-20-22-30(2)25-26-35(44)32(4)28-33-24-18-19-27-43-33/h18-19,24-25,27-28,31,34-36,38,44H,17,20-23,26,29H2,1-16H3,(H,45,46)/t31-,34+,35-,36-,38-/m0/s1. The van der Waals surface area contributed by atoms with E-state index >= 15 is 0 Å². The number of hydrogen-bond donors (Lipinski definition) is 2. The summed E-state index contributed by atoms with van der Waals surface area (Å²) >= 11 is 0. The summed E-state index contributed by atoms with van der Waals surface area (Å²) in [6.45, 7) is 34.0. The van der Waals surface area contributed by atoms with E-state index in [1.807, 2.05) is 45.0 Å². The maximum atomic E-state index is 14.9. The van der Waals surface area contributed by atoms with Crippen LogP contribution in [0.25, 0.3) is 6.08 Å². The predicted octanol–water partition coefficient (Wildman–Crippen LogP) is 11.3. The van der Waals surface area contributed by atoms with E-state index in [2.05, 4.69) is 99.6 Å². The van der Waals surface area contributed by atoms with Gasteiger partial charge in [-0.2, -0.15) is 0 Å². The van der Waals surface area contributed by atoms with Gasteiger partial charge in [0.15, 0.2) is 16.6 Å². The normalized spacial score (nSPS) is 17.1. The minimum Gasteiger partial charge on any atom is -0.481 e. The quantitative estimate of drug-likeness (QED) is 0.0953. The SMILES string of the molecule is CCC[C@@H](C(=O)C(C)(C)[C@H](CC(=O)O)O[Si](C)(C)C(C)(C)C)[C@@H](O[Si](C)(C)C(C)(C)C)[C@@H](C)CCCC(C)=CC[C@H](O)C(C)=Cc1ccccn1. The summed E-state index contributed by atoms with van der Waals surface area (Å²) < 4.78 is 14.0. The molecule has 292 valence electrons. The smallest absolute Gasteiger partial charge is 0.305 e. The first-order chi connectivity index (χ1) is 23.2. The molecule has 0 saturated heterocycles. The fourth-order valence-corrected chi connectivity index (χ4v) is 8.77. The molecule has 0 radical (unpaired) electrons. The molecule has 5 atom stereocenters. The molecule has 0 unspecified atom stereocenters. The van der Waals surface area contributed by atoms with Crippen molar-refractivity contribution in [2.75, 3.05) is 0 Å². The van der Waals surface area contributed by atoms with Gasteiger partial charge in [-0.1, -0.05) is 93.4 Å². The Morgan fingerprint density at radius 2 is 1.49 bits per heavy atom. The summed E-state index contributed by atoms with van der Waals surface area (Å²) in [5.41, 5.74) is 1.93. The third-order valence-electron chi connectivity index (χ3n) is 11.7. The molecule has 0 amide bonds. The number of nitrogens with zero attached hydrogens (tertiary/aromatic N) is 1. The van der Waals surface area contributed by atoms with Crippen molar-refractivity contribution in [3.05, 3.63) is 47.3 Å². The minimum atomic E-state index is -2.39. The molecule has 0 aromatic carbocycles. The summed E-state index contributed by atoms with van der Waals surface area (Å²) in [6, 6.07) is 5.75. The van der Waals surface area contributed by atoms with Crippen molar-refractivity contribution in [1.29, 1.82) is 0 Å². The van der Waals surface area contributed by atoms with Crippen molar-refractivity contribution in [2.45, 2.75) is 183 Å². The maximum Gasteiger partial charge on any atom is 0.305 e. The molecule has 1 aromatic rings. The highest BCUT2D eigenvalue weighted by atomic mass is 28.4. The molecule has 0 aliphatic rings. The zero-order chi connectivity index (χ0) is 39.6. The lowest BCUT2D eigenvalue weighted by Gasteiger charge is -2.47. The van der Waals surface area contributed by atoms with Gasteiger partial charge in [-0.3, -0.25) is 14.6 Å². The number of hydrogen-bond acceptors (Lipinski definition) is 6. The number of carboxylic acid groups (broad SMARTS) is 1. The van der Waals surface area contributed by atoms with Crippen LogP contribution < -0.4 is 0 Å². The Bertz CT molecular complexity index is 1310. The number of allylic oxidation sites excluding steroid dienone is 1. The molecule has 0 bridgehead atoms. The molecule has 0 aliphatic carbocycles. The van der Waals surface area contributed by atoms with Crippen molar-refractivity contribution in [1.82, 2.24) is 4.98 Å². The molecule has 0 fully saturated rings. The topological polar surface area (TPSA) is 106 Å². The zero-order valence-corrected chi connectivity index (χ0v) is 37.3. The highest BCUT2D eigenvalue weighted by Crippen LogP contribution is 2.45. The predicted molar refractivity (Wildman–Crippen MR) is 219 cm³/mol. The van der Waals surface area contributed by atoms with Gasteiger partial charge >= 0.3 is 5.97 Å². The van der Waals surface area contributed by atoms with Gasteiger partial charge in [0.05, 0.1) is 30.4 Å². The highest BCUT2D eigenvalue weighted by Gasteiger charge is 2.50. The van der Waals surface area contributed by atoms with Gasteiger partial charge in [-0.15, -0.1) is 0 Å². The Balaban J connectivity index is 3.35. The Morgan fingerprint density at radius 1 is 0.922 bits per heavy atom. The van der Waals surface area contributed by atoms with E-state index in [0.29, 0.717) is 12.8 Å². The lowest BCUT2D eigenvalue weighted by Crippen LogP contribution is -2.55. The number of carbonyl (C=O) groups is 2. The Morgan fingerprint density at radius 3 is 1.98 bits per heavy atom. The van der Waals surface area contributed by atoms with Crippen molar-refractivity contribution in [3.63, 3.8) is 0 Å². The van der Waals surface area contributed by atoms with Crippen LogP contribution in [-0.2, 0) is 18.4 Å². The van der Waals surface area contributed by atoms with Gasteiger partial charge in [0, 0.05) is 17.5 Å². The van der Waals surface area contributed by atoms with Gasteiger partial charge in [0.2, 0.25) is 0 Å². The summed E-state index contributed by atoms with van der Waals surface area (Å²) in [6.07, 6.45) is 8.75. The maximum absolute atomic E-state index is 14.9. The van der Waals surface area contributed by atoms with Crippen molar-refractivity contribution in [3.8, 4) is 0 Å². The molecule has 1 rings (SSSR count). The first kappa shape index (κ1) is 47.1. The summed E-state index contributed by atoms with van der Waals surface area (Å²) in [5, 5.41) is 20.6. The van der Waals surface area contributed by atoms with Crippen LogP contribution in [0.3, 0.4) is 0 Å². The monoisotopic (exact) mass is 746 g/mol. The number of aliphatic hydroxyl groups excluding tert-OH is 1. The Hall–Kier alpha value is -1.92. The van der Waals surface area contributed by atoms with Crippen LogP contribution in [-0.4, -0.2) is 61.9 Å². The second-order valence-corrected chi connectivity index (χ2v) is 28.1. The number of pyridine rings is 1. The van der Waals surface area contributed by atoms with Gasteiger partial charge in [0.25, 0.3) is 0 Å². The number of carboxylic acids is 1. The number of rotatable bonds is 21. The van der Waals surface area contributed by atoms with Gasteiger partial charge < -0.3 is 19.1 Å². The van der Waals surface area contributed by atoms with Crippen LogP contribution in [0.1, 0.15) is 134 Å². The fourth-order valence-electron chi connectivity index (χ4n) is 5.90. The average Bonchev–Trinajstić information content (AvgIpc) is 2.99. The summed E-state index contributed by atoms with van der Waals surface area (Å²) in [7, 11) is -4.68. The number of aliphatic hydroxyl groups is 1. The van der Waals surface area contributed by atoms with Crippen molar-refractivity contribution < 1.29 is 28.7 Å². The molecule has 2 N–H and O–H groups in total. The van der Waals surface area contributed by atoms with Crippen LogP contribution >= 0.6 is 0 Å². The van der Waals surface area contributed by atoms with E-state index < -0.39 is 40.2 Å². The molecule has 1 heterocycles. The number of ketones is 1. The minimum absolute atomic E-state index is 0.0408. The first-order valence-corrected chi connectivity index (χ1v) is 25.0. The molecular weight excluding hydrogens is 671 g/mol. The number of Topliss-reactive ketones (excluding diaryl/α,β-unsaturated/α-hetero) is 1. The lowest BCUT2D eigenvalue weighted by molar-refractivity contribution is -0.147. The number of aromatic nitrogens is 1. The molecule has 0 spiro atoms. The van der Waals surface area contributed by atoms with Crippen LogP contribution in [0.15, 0.2) is 41.6 Å². The average molecular weight is 746 g/mol.